The van der Waals surface area contributed by atoms with Crippen molar-refractivity contribution in [2.24, 2.45) is 0 Å². The molecule has 2 aromatic rings. The number of hydrogen-bond donors (Lipinski definition) is 1. The minimum absolute atomic E-state index is 0.149. The number of benzene rings is 2. The molecule has 0 spiro atoms. The van der Waals surface area contributed by atoms with Crippen LogP contribution in [0.5, 0.6) is 5.75 Å². The summed E-state index contributed by atoms with van der Waals surface area (Å²) < 4.78 is 76.0. The monoisotopic (exact) mass is 601 g/mol. The molecule has 2 aromatic carbocycles. The Morgan fingerprint density at radius 2 is 1.51 bits per heavy atom. The number of aryl methyl sites for hydroxylation is 1. The number of phenols is 1. The van der Waals surface area contributed by atoms with Crippen LogP contribution in [0.15, 0.2) is 42.5 Å². The zero-order chi connectivity index (χ0) is 29.9. The van der Waals surface area contributed by atoms with Gasteiger partial charge in [0.05, 0.1) is 0 Å². The van der Waals surface area contributed by atoms with E-state index in [-0.39, 0.29) is 18.0 Å². The van der Waals surface area contributed by atoms with Gasteiger partial charge in [0.15, 0.2) is 0 Å². The predicted octanol–water partition coefficient (Wildman–Crippen LogP) is 9.76. The first-order valence-electron chi connectivity index (χ1n) is 14.5. The number of hydrogen-bond acceptors (Lipinski definition) is 3. The second-order valence-corrected chi connectivity index (χ2v) is 12.1. The van der Waals surface area contributed by atoms with Gasteiger partial charge < -0.3 is 10.0 Å². The molecule has 0 saturated heterocycles. The van der Waals surface area contributed by atoms with Crippen molar-refractivity contribution in [3.63, 3.8) is 0 Å². The minimum atomic E-state index is -5.46. The van der Waals surface area contributed by atoms with Gasteiger partial charge in [0.2, 0.25) is 0 Å². The molecule has 228 valence electrons. The molecular formula is C32H41F6NOS. The van der Waals surface area contributed by atoms with Crippen molar-refractivity contribution < 1.29 is 31.4 Å². The van der Waals surface area contributed by atoms with Gasteiger partial charge in [-0.2, -0.15) is 33.7 Å². The maximum Gasteiger partial charge on any atom is 0.453 e. The Bertz CT molecular complexity index is 1120. The summed E-state index contributed by atoms with van der Waals surface area (Å²) in [5, 5.41) is 10.0. The number of thioether (sulfide) groups is 1. The van der Waals surface area contributed by atoms with E-state index in [0.717, 1.165) is 87.8 Å². The first-order chi connectivity index (χ1) is 19.5. The molecule has 3 rings (SSSR count). The van der Waals surface area contributed by atoms with E-state index in [1.807, 2.05) is 31.3 Å². The number of allylic oxidation sites excluding steroid dienone is 2. The maximum atomic E-state index is 13.6. The Labute approximate surface area is 244 Å². The second kappa shape index (κ2) is 15.9. The van der Waals surface area contributed by atoms with E-state index >= 15 is 0 Å². The lowest BCUT2D eigenvalue weighted by molar-refractivity contribution is -0.284. The van der Waals surface area contributed by atoms with E-state index in [9.17, 15) is 31.4 Å². The molecule has 0 heterocycles. The fraction of sp³-hybridized carbons (Fsp3) is 0.562. The zero-order valence-electron chi connectivity index (χ0n) is 23.7. The molecule has 0 aliphatic heterocycles. The molecule has 1 aliphatic rings. The first-order valence-corrected chi connectivity index (χ1v) is 15.6. The fourth-order valence-electron chi connectivity index (χ4n) is 5.33. The van der Waals surface area contributed by atoms with E-state index in [1.165, 1.54) is 40.6 Å². The molecule has 2 nitrogen and oxygen atoms in total. The molecule has 9 heteroatoms. The van der Waals surface area contributed by atoms with Crippen LogP contribution in [-0.2, 0) is 6.42 Å². The fourth-order valence-corrected chi connectivity index (χ4v) is 6.22. The van der Waals surface area contributed by atoms with Crippen LogP contribution in [0.3, 0.4) is 0 Å². The lowest BCUT2D eigenvalue weighted by Gasteiger charge is -2.19. The molecule has 0 fully saturated rings. The summed E-state index contributed by atoms with van der Waals surface area (Å²) in [7, 11) is 2.05. The highest BCUT2D eigenvalue weighted by molar-refractivity contribution is 7.99. The Morgan fingerprint density at radius 3 is 2.24 bits per heavy atom. The molecule has 1 N–H and O–H groups in total. The zero-order valence-corrected chi connectivity index (χ0v) is 24.5. The molecule has 0 unspecified atom stereocenters. The van der Waals surface area contributed by atoms with Gasteiger partial charge in [0.1, 0.15) is 11.6 Å². The standard InChI is InChI=1S/C32H41F6NOS/c1-39(20-8-22-41-21-7-18-31(34,35)32(36,37)38)19-5-3-2-4-10-30-28(24-12-14-26(33)15-13-24)11-6-9-25-23-27(40)16-17-29(25)30/h12-17,23,40H,2-11,18-22H2,1H3. The van der Waals surface area contributed by atoms with E-state index in [4.69, 9.17) is 0 Å². The molecule has 0 saturated carbocycles. The van der Waals surface area contributed by atoms with Crippen molar-refractivity contribution in [2.45, 2.75) is 82.7 Å². The highest BCUT2D eigenvalue weighted by atomic mass is 32.2. The number of fused-ring (bicyclic) bond motifs is 1. The summed E-state index contributed by atoms with van der Waals surface area (Å²) in [4.78, 5) is 2.24. The van der Waals surface area contributed by atoms with Crippen molar-refractivity contribution in [1.29, 1.82) is 0 Å². The third-order valence-electron chi connectivity index (χ3n) is 7.58. The highest BCUT2D eigenvalue weighted by Crippen LogP contribution is 2.40. The van der Waals surface area contributed by atoms with E-state index in [0.29, 0.717) is 5.75 Å². The van der Waals surface area contributed by atoms with Crippen molar-refractivity contribution >= 4 is 22.9 Å². The first kappa shape index (κ1) is 33.4. The number of unbranched alkanes of at least 4 members (excludes halogenated alkanes) is 3. The van der Waals surface area contributed by atoms with Gasteiger partial charge in [0.25, 0.3) is 0 Å². The minimum Gasteiger partial charge on any atom is -0.508 e. The average molecular weight is 602 g/mol. The van der Waals surface area contributed by atoms with E-state index in [2.05, 4.69) is 4.90 Å². The SMILES string of the molecule is CN(CCCCCCC1=C(c2ccc(F)cc2)CCCc2cc(O)ccc21)CCCSCCCC(F)(F)C(F)(F)F. The number of rotatable bonds is 16. The Morgan fingerprint density at radius 1 is 0.829 bits per heavy atom. The number of alkyl halides is 5. The molecule has 0 radical (unpaired) electrons. The summed E-state index contributed by atoms with van der Waals surface area (Å²) >= 11 is 1.43. The summed E-state index contributed by atoms with van der Waals surface area (Å²) in [5.74, 6) is -3.51. The third-order valence-corrected chi connectivity index (χ3v) is 8.74. The smallest absolute Gasteiger partial charge is 0.453 e. The van der Waals surface area contributed by atoms with Gasteiger partial charge in [-0.15, -0.1) is 0 Å². The molecule has 1 aliphatic carbocycles. The van der Waals surface area contributed by atoms with Gasteiger partial charge >= 0.3 is 12.1 Å². The molecular weight excluding hydrogens is 560 g/mol. The average Bonchev–Trinajstić information content (AvgIpc) is 3.08. The van der Waals surface area contributed by atoms with Crippen LogP contribution in [0.2, 0.25) is 0 Å². The molecule has 0 amide bonds. The molecule has 0 aromatic heterocycles. The molecule has 0 atom stereocenters. The van der Waals surface area contributed by atoms with Crippen LogP contribution in [0.1, 0.15) is 80.9 Å². The van der Waals surface area contributed by atoms with Gasteiger partial charge in [-0.05, 0) is 135 Å². The van der Waals surface area contributed by atoms with Crippen LogP contribution in [0, 0.1) is 5.82 Å². The van der Waals surface area contributed by atoms with Crippen LogP contribution in [0.4, 0.5) is 26.3 Å². The van der Waals surface area contributed by atoms with Crippen molar-refractivity contribution in [2.75, 3.05) is 31.6 Å². The summed E-state index contributed by atoms with van der Waals surface area (Å²) in [6.07, 6.45) is 2.09. The van der Waals surface area contributed by atoms with Crippen molar-refractivity contribution in [1.82, 2.24) is 4.90 Å². The Hall–Kier alpha value is -2.13. The number of halogens is 6. The quantitative estimate of drug-likeness (QED) is 0.153. The maximum absolute atomic E-state index is 13.6. The van der Waals surface area contributed by atoms with Crippen LogP contribution in [0.25, 0.3) is 11.1 Å². The van der Waals surface area contributed by atoms with Crippen LogP contribution < -0.4 is 0 Å². The lowest BCUT2D eigenvalue weighted by Crippen LogP contribution is -2.36. The van der Waals surface area contributed by atoms with Gasteiger partial charge in [0, 0.05) is 6.42 Å². The number of nitrogens with zero attached hydrogens (tertiary/aromatic N) is 1. The van der Waals surface area contributed by atoms with Gasteiger partial charge in [-0.25, -0.2) is 4.39 Å². The summed E-state index contributed by atoms with van der Waals surface area (Å²) in [6, 6.07) is 12.4. The Kier molecular flexibility index (Phi) is 13.0. The van der Waals surface area contributed by atoms with E-state index < -0.39 is 18.5 Å². The predicted molar refractivity (Wildman–Crippen MR) is 157 cm³/mol. The summed E-state index contributed by atoms with van der Waals surface area (Å²) in [6.45, 7) is 1.82. The molecule has 41 heavy (non-hydrogen) atoms. The summed E-state index contributed by atoms with van der Waals surface area (Å²) in [5.41, 5.74) is 5.96. The van der Waals surface area contributed by atoms with Gasteiger partial charge in [-0.1, -0.05) is 31.0 Å². The van der Waals surface area contributed by atoms with Gasteiger partial charge in [-0.3, -0.25) is 0 Å². The van der Waals surface area contributed by atoms with E-state index in [1.54, 1.807) is 6.07 Å². The molecule has 0 bridgehead atoms. The third kappa shape index (κ3) is 10.6. The Balaban J connectivity index is 1.38. The van der Waals surface area contributed by atoms with Crippen LogP contribution >= 0.6 is 11.8 Å². The normalized spacial score (nSPS) is 14.4. The number of phenolic OH excluding ortho intramolecular Hbond substituents is 1. The van der Waals surface area contributed by atoms with Crippen LogP contribution in [-0.4, -0.2) is 53.7 Å². The van der Waals surface area contributed by atoms with Crippen molar-refractivity contribution in [3.05, 3.63) is 65.0 Å². The van der Waals surface area contributed by atoms with Crippen molar-refractivity contribution in [3.8, 4) is 5.75 Å². The lowest BCUT2D eigenvalue weighted by atomic mass is 9.89. The number of aromatic hydroxyl groups is 1. The largest absolute Gasteiger partial charge is 0.508 e. The topological polar surface area (TPSA) is 23.5 Å². The second-order valence-electron chi connectivity index (χ2n) is 10.9. The highest BCUT2D eigenvalue weighted by Gasteiger charge is 2.56.